The predicted molar refractivity (Wildman–Crippen MR) is 59.3 cm³/mol. The van der Waals surface area contributed by atoms with Crippen LogP contribution < -0.4 is 5.32 Å². The Hall–Kier alpha value is -1.75. The van der Waals surface area contributed by atoms with Crippen molar-refractivity contribution in [3.63, 3.8) is 0 Å². The van der Waals surface area contributed by atoms with Crippen LogP contribution >= 0.6 is 0 Å². The van der Waals surface area contributed by atoms with Crippen molar-refractivity contribution in [2.24, 2.45) is 0 Å². The molecule has 0 atom stereocenters. The SMILES string of the molecule is Fc1ccc(-c2cnc3n2CCNC3)cc1F. The summed E-state index contributed by atoms with van der Waals surface area (Å²) in [5, 5.41) is 3.21. The minimum absolute atomic E-state index is 0.657. The van der Waals surface area contributed by atoms with Crippen molar-refractivity contribution in [2.45, 2.75) is 13.1 Å². The molecular formula is C12H11F2N3. The molecule has 1 aromatic heterocycles. The molecular weight excluding hydrogens is 224 g/mol. The van der Waals surface area contributed by atoms with E-state index in [1.54, 1.807) is 12.3 Å². The summed E-state index contributed by atoms with van der Waals surface area (Å²) in [6.45, 7) is 2.37. The average molecular weight is 235 g/mol. The normalized spacial score (nSPS) is 14.7. The third-order valence-corrected chi connectivity index (χ3v) is 2.95. The number of halogens is 2. The molecule has 1 aliphatic heterocycles. The number of nitrogens with one attached hydrogen (secondary N) is 1. The highest BCUT2D eigenvalue weighted by Crippen LogP contribution is 2.23. The summed E-state index contributed by atoms with van der Waals surface area (Å²) in [5.41, 5.74) is 1.49. The fourth-order valence-electron chi connectivity index (χ4n) is 2.08. The highest BCUT2D eigenvalue weighted by atomic mass is 19.2. The van der Waals surface area contributed by atoms with Crippen molar-refractivity contribution in [3.05, 3.63) is 41.9 Å². The smallest absolute Gasteiger partial charge is 0.159 e. The van der Waals surface area contributed by atoms with E-state index in [1.807, 2.05) is 4.57 Å². The molecule has 1 aliphatic rings. The van der Waals surface area contributed by atoms with Crippen LogP contribution in [0.1, 0.15) is 5.82 Å². The molecule has 0 radical (unpaired) electrons. The third kappa shape index (κ3) is 1.72. The number of benzene rings is 1. The Kier molecular flexibility index (Phi) is 2.40. The molecule has 5 heteroatoms. The van der Waals surface area contributed by atoms with Crippen molar-refractivity contribution < 1.29 is 8.78 Å². The summed E-state index contributed by atoms with van der Waals surface area (Å²) in [4.78, 5) is 4.27. The number of hydrogen-bond acceptors (Lipinski definition) is 2. The number of fused-ring (bicyclic) bond motifs is 1. The minimum atomic E-state index is -0.827. The van der Waals surface area contributed by atoms with Crippen LogP contribution in [0.15, 0.2) is 24.4 Å². The van der Waals surface area contributed by atoms with Gasteiger partial charge in [0, 0.05) is 18.7 Å². The summed E-state index contributed by atoms with van der Waals surface area (Å²) in [6, 6.07) is 3.93. The molecule has 0 aliphatic carbocycles. The molecule has 0 saturated heterocycles. The Balaban J connectivity index is 2.09. The lowest BCUT2D eigenvalue weighted by Crippen LogP contribution is -2.28. The van der Waals surface area contributed by atoms with Crippen LogP contribution in [0, 0.1) is 11.6 Å². The van der Waals surface area contributed by atoms with Crippen LogP contribution in [0.25, 0.3) is 11.3 Å². The Labute approximate surface area is 97.1 Å². The Morgan fingerprint density at radius 3 is 2.94 bits per heavy atom. The molecule has 0 amide bonds. The van der Waals surface area contributed by atoms with Gasteiger partial charge >= 0.3 is 0 Å². The van der Waals surface area contributed by atoms with Gasteiger partial charge in [-0.1, -0.05) is 0 Å². The summed E-state index contributed by atoms with van der Waals surface area (Å²) in [7, 11) is 0. The topological polar surface area (TPSA) is 29.9 Å². The summed E-state index contributed by atoms with van der Waals surface area (Å²) in [5.74, 6) is -0.725. The van der Waals surface area contributed by atoms with Gasteiger partial charge in [0.25, 0.3) is 0 Å². The fraction of sp³-hybridized carbons (Fsp3) is 0.250. The molecule has 0 saturated carbocycles. The quantitative estimate of drug-likeness (QED) is 0.818. The number of nitrogens with zero attached hydrogens (tertiary/aromatic N) is 2. The largest absolute Gasteiger partial charge is 0.326 e. The molecule has 1 aromatic carbocycles. The lowest BCUT2D eigenvalue weighted by atomic mass is 10.1. The maximum absolute atomic E-state index is 13.2. The van der Waals surface area contributed by atoms with Gasteiger partial charge in [0.2, 0.25) is 0 Å². The summed E-state index contributed by atoms with van der Waals surface area (Å²) in [6.07, 6.45) is 1.70. The zero-order valence-corrected chi connectivity index (χ0v) is 9.08. The van der Waals surface area contributed by atoms with Crippen LogP contribution in [0.4, 0.5) is 8.78 Å². The Morgan fingerprint density at radius 1 is 1.24 bits per heavy atom. The molecule has 3 rings (SSSR count). The maximum Gasteiger partial charge on any atom is 0.159 e. The van der Waals surface area contributed by atoms with Gasteiger partial charge in [0.1, 0.15) is 5.82 Å². The molecule has 17 heavy (non-hydrogen) atoms. The first-order chi connectivity index (χ1) is 8.25. The zero-order chi connectivity index (χ0) is 11.8. The summed E-state index contributed by atoms with van der Waals surface area (Å²) < 4.78 is 28.1. The molecule has 3 nitrogen and oxygen atoms in total. The Morgan fingerprint density at radius 2 is 2.12 bits per heavy atom. The molecule has 0 spiro atoms. The maximum atomic E-state index is 13.2. The monoisotopic (exact) mass is 235 g/mol. The standard InChI is InChI=1S/C12H11F2N3/c13-9-2-1-8(5-10(9)14)11-6-16-12-7-15-3-4-17(11)12/h1-2,5-6,15H,3-4,7H2. The molecule has 1 N–H and O–H groups in total. The molecule has 2 heterocycles. The van der Waals surface area contributed by atoms with E-state index in [1.165, 1.54) is 6.07 Å². The van der Waals surface area contributed by atoms with E-state index in [9.17, 15) is 8.78 Å². The molecule has 2 aromatic rings. The van der Waals surface area contributed by atoms with Crippen LogP contribution in [-0.4, -0.2) is 16.1 Å². The van der Waals surface area contributed by atoms with Crippen molar-refractivity contribution in [1.29, 1.82) is 0 Å². The van der Waals surface area contributed by atoms with Gasteiger partial charge < -0.3 is 9.88 Å². The first-order valence-electron chi connectivity index (χ1n) is 5.46. The first kappa shape index (κ1) is 10.4. The molecule has 0 fully saturated rings. The number of rotatable bonds is 1. The zero-order valence-electron chi connectivity index (χ0n) is 9.08. The lowest BCUT2D eigenvalue weighted by molar-refractivity contribution is 0.504. The third-order valence-electron chi connectivity index (χ3n) is 2.95. The molecule has 88 valence electrons. The number of hydrogen-bond donors (Lipinski definition) is 1. The van der Waals surface area contributed by atoms with Crippen molar-refractivity contribution in [1.82, 2.24) is 14.9 Å². The second-order valence-corrected chi connectivity index (χ2v) is 4.02. The lowest BCUT2D eigenvalue weighted by Gasteiger charge is -2.17. The van der Waals surface area contributed by atoms with Crippen LogP contribution in [0.2, 0.25) is 0 Å². The van der Waals surface area contributed by atoms with Gasteiger partial charge in [-0.15, -0.1) is 0 Å². The van der Waals surface area contributed by atoms with Crippen molar-refractivity contribution in [3.8, 4) is 11.3 Å². The van der Waals surface area contributed by atoms with E-state index in [2.05, 4.69) is 10.3 Å². The predicted octanol–water partition coefficient (Wildman–Crippen LogP) is 1.93. The van der Waals surface area contributed by atoms with Gasteiger partial charge in [-0.2, -0.15) is 0 Å². The first-order valence-corrected chi connectivity index (χ1v) is 5.46. The van der Waals surface area contributed by atoms with E-state index in [4.69, 9.17) is 0 Å². The average Bonchev–Trinajstić information content (AvgIpc) is 2.76. The highest BCUT2D eigenvalue weighted by molar-refractivity contribution is 5.59. The van der Waals surface area contributed by atoms with Gasteiger partial charge in [0.15, 0.2) is 11.6 Å². The second kappa shape index (κ2) is 3.92. The van der Waals surface area contributed by atoms with E-state index >= 15 is 0 Å². The minimum Gasteiger partial charge on any atom is -0.326 e. The second-order valence-electron chi connectivity index (χ2n) is 4.02. The number of imidazole rings is 1. The van der Waals surface area contributed by atoms with Crippen LogP contribution in [0.3, 0.4) is 0 Å². The van der Waals surface area contributed by atoms with E-state index < -0.39 is 11.6 Å². The fourth-order valence-corrected chi connectivity index (χ4v) is 2.08. The highest BCUT2D eigenvalue weighted by Gasteiger charge is 2.15. The van der Waals surface area contributed by atoms with Crippen molar-refractivity contribution in [2.75, 3.05) is 6.54 Å². The van der Waals surface area contributed by atoms with Crippen LogP contribution in [-0.2, 0) is 13.1 Å². The number of aromatic nitrogens is 2. The van der Waals surface area contributed by atoms with Gasteiger partial charge in [-0.25, -0.2) is 13.8 Å². The van der Waals surface area contributed by atoms with Crippen molar-refractivity contribution >= 4 is 0 Å². The Bertz CT molecular complexity index is 563. The van der Waals surface area contributed by atoms with E-state index in [-0.39, 0.29) is 0 Å². The van der Waals surface area contributed by atoms with Gasteiger partial charge in [0.05, 0.1) is 18.4 Å². The molecule has 0 unspecified atom stereocenters. The summed E-state index contributed by atoms with van der Waals surface area (Å²) >= 11 is 0. The van der Waals surface area contributed by atoms with Crippen LogP contribution in [0.5, 0.6) is 0 Å². The molecule has 0 bridgehead atoms. The van der Waals surface area contributed by atoms with Gasteiger partial charge in [-0.3, -0.25) is 0 Å². The van der Waals surface area contributed by atoms with E-state index in [0.29, 0.717) is 12.1 Å². The van der Waals surface area contributed by atoms with E-state index in [0.717, 1.165) is 30.7 Å². The van der Waals surface area contributed by atoms with Gasteiger partial charge in [-0.05, 0) is 18.2 Å².